The Morgan fingerprint density at radius 1 is 0.905 bits per heavy atom. The number of aliphatic hydroxyl groups is 1. The van der Waals surface area contributed by atoms with Crippen molar-refractivity contribution >= 4 is 0 Å². The van der Waals surface area contributed by atoms with E-state index in [-0.39, 0.29) is 6.10 Å². The molecule has 2 aromatic carbocycles. The standard InChI is InChI=1S/C17H16O4/c18-13-10-16(21-14-4-2-1-3-12(13)14)11-5-6-15-17(9-11)20-8-7-19-15/h1-6,9,13,16,18H,7-8,10H2/t13-,16?/m1/s1. The fraction of sp³-hybridized carbons (Fsp3) is 0.294. The second-order valence-corrected chi connectivity index (χ2v) is 5.30. The number of hydrogen-bond donors (Lipinski definition) is 1. The highest BCUT2D eigenvalue weighted by molar-refractivity contribution is 5.45. The van der Waals surface area contributed by atoms with Crippen molar-refractivity contribution < 1.29 is 19.3 Å². The first-order valence-corrected chi connectivity index (χ1v) is 7.14. The van der Waals surface area contributed by atoms with Crippen LogP contribution in [0.25, 0.3) is 0 Å². The number of para-hydroxylation sites is 1. The van der Waals surface area contributed by atoms with Gasteiger partial charge in [-0.05, 0) is 23.8 Å². The fourth-order valence-corrected chi connectivity index (χ4v) is 2.86. The molecule has 2 aromatic rings. The zero-order valence-electron chi connectivity index (χ0n) is 11.5. The minimum atomic E-state index is -0.506. The number of benzene rings is 2. The maximum Gasteiger partial charge on any atom is 0.161 e. The molecule has 0 aliphatic carbocycles. The Morgan fingerprint density at radius 2 is 1.71 bits per heavy atom. The van der Waals surface area contributed by atoms with Gasteiger partial charge in [0.05, 0.1) is 6.10 Å². The Balaban J connectivity index is 1.66. The first-order chi connectivity index (χ1) is 10.3. The van der Waals surface area contributed by atoms with Gasteiger partial charge in [0, 0.05) is 12.0 Å². The Morgan fingerprint density at radius 3 is 2.62 bits per heavy atom. The SMILES string of the molecule is O[C@@H]1CC(c2ccc3c(c2)OCCO3)Oc2ccccc21. The van der Waals surface area contributed by atoms with Crippen molar-refractivity contribution in [1.29, 1.82) is 0 Å². The van der Waals surface area contributed by atoms with Crippen LogP contribution < -0.4 is 14.2 Å². The zero-order chi connectivity index (χ0) is 14.2. The van der Waals surface area contributed by atoms with Gasteiger partial charge in [-0.3, -0.25) is 0 Å². The highest BCUT2D eigenvalue weighted by atomic mass is 16.6. The van der Waals surface area contributed by atoms with E-state index in [4.69, 9.17) is 14.2 Å². The monoisotopic (exact) mass is 284 g/mol. The van der Waals surface area contributed by atoms with Crippen LogP contribution in [-0.4, -0.2) is 18.3 Å². The van der Waals surface area contributed by atoms with E-state index >= 15 is 0 Å². The predicted molar refractivity (Wildman–Crippen MR) is 76.8 cm³/mol. The van der Waals surface area contributed by atoms with Crippen molar-refractivity contribution in [2.24, 2.45) is 0 Å². The van der Waals surface area contributed by atoms with Crippen LogP contribution >= 0.6 is 0 Å². The lowest BCUT2D eigenvalue weighted by molar-refractivity contribution is 0.0654. The molecule has 108 valence electrons. The van der Waals surface area contributed by atoms with Crippen LogP contribution in [0.4, 0.5) is 0 Å². The van der Waals surface area contributed by atoms with Crippen LogP contribution in [0.5, 0.6) is 17.2 Å². The summed E-state index contributed by atoms with van der Waals surface area (Å²) in [5, 5.41) is 10.3. The van der Waals surface area contributed by atoms with Crippen LogP contribution in [0, 0.1) is 0 Å². The van der Waals surface area contributed by atoms with Gasteiger partial charge >= 0.3 is 0 Å². The first kappa shape index (κ1) is 12.5. The van der Waals surface area contributed by atoms with Crippen molar-refractivity contribution in [2.45, 2.75) is 18.6 Å². The molecule has 0 bridgehead atoms. The summed E-state index contributed by atoms with van der Waals surface area (Å²) in [5.74, 6) is 2.26. The molecule has 21 heavy (non-hydrogen) atoms. The molecule has 1 N–H and O–H groups in total. The quantitative estimate of drug-likeness (QED) is 0.874. The third kappa shape index (κ3) is 2.21. The molecule has 4 rings (SSSR count). The summed E-state index contributed by atoms with van der Waals surface area (Å²) in [6.45, 7) is 1.14. The Kier molecular flexibility index (Phi) is 2.97. The highest BCUT2D eigenvalue weighted by Crippen LogP contribution is 2.42. The van der Waals surface area contributed by atoms with E-state index in [0.29, 0.717) is 19.6 Å². The maximum absolute atomic E-state index is 10.3. The van der Waals surface area contributed by atoms with Crippen molar-refractivity contribution in [2.75, 3.05) is 13.2 Å². The molecule has 0 saturated carbocycles. The van der Waals surface area contributed by atoms with Crippen LogP contribution in [0.15, 0.2) is 42.5 Å². The number of hydrogen-bond acceptors (Lipinski definition) is 4. The first-order valence-electron chi connectivity index (χ1n) is 7.14. The third-order valence-electron chi connectivity index (χ3n) is 3.92. The molecule has 2 aliphatic rings. The lowest BCUT2D eigenvalue weighted by Gasteiger charge is -2.30. The largest absolute Gasteiger partial charge is 0.486 e. The summed E-state index contributed by atoms with van der Waals surface area (Å²) in [5.41, 5.74) is 1.85. The molecule has 0 spiro atoms. The van der Waals surface area contributed by atoms with Gasteiger partial charge in [0.2, 0.25) is 0 Å². The topological polar surface area (TPSA) is 47.9 Å². The molecule has 2 aliphatic heterocycles. The second-order valence-electron chi connectivity index (χ2n) is 5.30. The smallest absolute Gasteiger partial charge is 0.161 e. The summed E-state index contributed by atoms with van der Waals surface area (Å²) in [6, 6.07) is 13.4. The minimum Gasteiger partial charge on any atom is -0.486 e. The Hall–Kier alpha value is -2.20. The summed E-state index contributed by atoms with van der Waals surface area (Å²) < 4.78 is 17.2. The molecular formula is C17H16O4. The lowest BCUT2D eigenvalue weighted by Crippen LogP contribution is -2.20. The normalized spacial score (nSPS) is 23.1. The lowest BCUT2D eigenvalue weighted by atomic mass is 9.95. The van der Waals surface area contributed by atoms with Gasteiger partial charge in [0.15, 0.2) is 11.5 Å². The number of rotatable bonds is 1. The molecule has 2 heterocycles. The summed E-state index contributed by atoms with van der Waals surface area (Å²) >= 11 is 0. The van der Waals surface area contributed by atoms with Crippen molar-refractivity contribution in [1.82, 2.24) is 0 Å². The molecule has 2 atom stereocenters. The predicted octanol–water partition coefficient (Wildman–Crippen LogP) is 3.02. The van der Waals surface area contributed by atoms with Gasteiger partial charge in [-0.2, -0.15) is 0 Å². The van der Waals surface area contributed by atoms with Crippen LogP contribution in [-0.2, 0) is 0 Å². The minimum absolute atomic E-state index is 0.175. The van der Waals surface area contributed by atoms with Crippen LogP contribution in [0.2, 0.25) is 0 Å². The second kappa shape index (κ2) is 4.97. The molecular weight excluding hydrogens is 268 g/mol. The Bertz CT molecular complexity index is 668. The van der Waals surface area contributed by atoms with E-state index in [1.54, 1.807) is 0 Å². The van der Waals surface area contributed by atoms with E-state index in [0.717, 1.165) is 28.4 Å². The van der Waals surface area contributed by atoms with Gasteiger partial charge < -0.3 is 19.3 Å². The molecule has 0 amide bonds. The van der Waals surface area contributed by atoms with E-state index < -0.39 is 6.10 Å². The van der Waals surface area contributed by atoms with Gasteiger partial charge in [-0.1, -0.05) is 24.3 Å². The van der Waals surface area contributed by atoms with E-state index in [1.165, 1.54) is 0 Å². The molecule has 0 aromatic heterocycles. The van der Waals surface area contributed by atoms with Crippen LogP contribution in [0.1, 0.15) is 29.8 Å². The fourth-order valence-electron chi connectivity index (χ4n) is 2.86. The number of ether oxygens (including phenoxy) is 3. The molecule has 4 heteroatoms. The van der Waals surface area contributed by atoms with Crippen molar-refractivity contribution in [3.8, 4) is 17.2 Å². The summed E-state index contributed by atoms with van der Waals surface area (Å²) in [4.78, 5) is 0. The molecule has 0 fully saturated rings. The van der Waals surface area contributed by atoms with Crippen molar-refractivity contribution in [3.05, 3.63) is 53.6 Å². The summed E-state index contributed by atoms with van der Waals surface area (Å²) in [7, 11) is 0. The van der Waals surface area contributed by atoms with Gasteiger partial charge in [-0.25, -0.2) is 0 Å². The van der Waals surface area contributed by atoms with Gasteiger partial charge in [0.25, 0.3) is 0 Å². The number of fused-ring (bicyclic) bond motifs is 2. The van der Waals surface area contributed by atoms with Gasteiger partial charge in [0.1, 0.15) is 25.1 Å². The van der Waals surface area contributed by atoms with E-state index in [2.05, 4.69) is 0 Å². The zero-order valence-corrected chi connectivity index (χ0v) is 11.5. The third-order valence-corrected chi connectivity index (χ3v) is 3.92. The average Bonchev–Trinajstić information content (AvgIpc) is 2.54. The van der Waals surface area contributed by atoms with E-state index in [9.17, 15) is 5.11 Å². The molecule has 4 nitrogen and oxygen atoms in total. The maximum atomic E-state index is 10.3. The van der Waals surface area contributed by atoms with Crippen LogP contribution in [0.3, 0.4) is 0 Å². The molecule has 1 unspecified atom stereocenters. The molecule has 0 radical (unpaired) electrons. The average molecular weight is 284 g/mol. The Labute approximate surface area is 122 Å². The summed E-state index contributed by atoms with van der Waals surface area (Å²) in [6.07, 6.45) is -0.143. The molecule has 0 saturated heterocycles. The van der Waals surface area contributed by atoms with Crippen molar-refractivity contribution in [3.63, 3.8) is 0 Å². The van der Waals surface area contributed by atoms with Gasteiger partial charge in [-0.15, -0.1) is 0 Å². The number of aliphatic hydroxyl groups excluding tert-OH is 1. The van der Waals surface area contributed by atoms with E-state index in [1.807, 2.05) is 42.5 Å². The highest BCUT2D eigenvalue weighted by Gasteiger charge is 2.28.